The number of carbonyl (C=O) groups is 1. The maximum atomic E-state index is 11.7. The van der Waals surface area contributed by atoms with Crippen LogP contribution in [0.3, 0.4) is 0 Å². The van der Waals surface area contributed by atoms with Crippen LogP contribution in [0.25, 0.3) is 0 Å². The van der Waals surface area contributed by atoms with Crippen molar-refractivity contribution in [2.45, 2.75) is 38.7 Å². The van der Waals surface area contributed by atoms with E-state index >= 15 is 0 Å². The van der Waals surface area contributed by atoms with Crippen LogP contribution < -0.4 is 5.32 Å². The van der Waals surface area contributed by atoms with Crippen molar-refractivity contribution in [2.75, 3.05) is 13.2 Å². The Morgan fingerprint density at radius 1 is 1.44 bits per heavy atom. The van der Waals surface area contributed by atoms with E-state index in [2.05, 4.69) is 24.4 Å². The zero-order valence-corrected chi connectivity index (χ0v) is 10.9. The van der Waals surface area contributed by atoms with Gasteiger partial charge in [-0.1, -0.05) is 24.3 Å². The van der Waals surface area contributed by atoms with Crippen molar-refractivity contribution in [3.63, 3.8) is 0 Å². The van der Waals surface area contributed by atoms with Crippen molar-refractivity contribution in [3.05, 3.63) is 35.4 Å². The molecule has 1 fully saturated rings. The van der Waals surface area contributed by atoms with Gasteiger partial charge in [0.25, 0.3) is 0 Å². The molecule has 1 aliphatic rings. The summed E-state index contributed by atoms with van der Waals surface area (Å²) in [5.74, 6) is 0.119. The standard InChI is InChI=1S/C15H21NO2/c1-12-5-2-3-6-13(12)8-9-15(17)16-11-14-7-4-10-18-14/h2-3,5-6,14H,4,7-11H2,1H3,(H,16,17). The van der Waals surface area contributed by atoms with Gasteiger partial charge in [0.1, 0.15) is 0 Å². The zero-order chi connectivity index (χ0) is 12.8. The Kier molecular flexibility index (Phi) is 4.76. The third kappa shape index (κ3) is 3.84. The van der Waals surface area contributed by atoms with Crippen molar-refractivity contribution >= 4 is 5.91 Å². The van der Waals surface area contributed by atoms with E-state index in [0.29, 0.717) is 13.0 Å². The summed E-state index contributed by atoms with van der Waals surface area (Å²) in [5, 5.41) is 2.95. The highest BCUT2D eigenvalue weighted by molar-refractivity contribution is 5.76. The Labute approximate surface area is 109 Å². The molecular formula is C15H21NO2. The molecule has 1 atom stereocenters. The Morgan fingerprint density at radius 2 is 2.28 bits per heavy atom. The molecule has 3 nitrogen and oxygen atoms in total. The quantitative estimate of drug-likeness (QED) is 0.866. The van der Waals surface area contributed by atoms with Crippen LogP contribution in [0.5, 0.6) is 0 Å². The predicted octanol–water partition coefficient (Wildman–Crippen LogP) is 2.22. The molecule has 1 amide bonds. The fourth-order valence-electron chi connectivity index (χ4n) is 2.26. The normalized spacial score (nSPS) is 18.8. The summed E-state index contributed by atoms with van der Waals surface area (Å²) in [6.07, 6.45) is 3.77. The topological polar surface area (TPSA) is 38.3 Å². The number of rotatable bonds is 5. The lowest BCUT2D eigenvalue weighted by atomic mass is 10.0. The maximum Gasteiger partial charge on any atom is 0.220 e. The van der Waals surface area contributed by atoms with Gasteiger partial charge in [0, 0.05) is 19.6 Å². The SMILES string of the molecule is Cc1ccccc1CCC(=O)NCC1CCCO1. The minimum absolute atomic E-state index is 0.119. The lowest BCUT2D eigenvalue weighted by Gasteiger charge is -2.11. The van der Waals surface area contributed by atoms with Gasteiger partial charge in [0.15, 0.2) is 0 Å². The molecule has 2 rings (SSSR count). The van der Waals surface area contributed by atoms with Crippen molar-refractivity contribution in [1.29, 1.82) is 0 Å². The Balaban J connectivity index is 1.69. The largest absolute Gasteiger partial charge is 0.376 e. The number of amides is 1. The molecule has 1 unspecified atom stereocenters. The van der Waals surface area contributed by atoms with Gasteiger partial charge < -0.3 is 10.1 Å². The average molecular weight is 247 g/mol. The number of aryl methyl sites for hydroxylation is 2. The van der Waals surface area contributed by atoms with Gasteiger partial charge in [-0.05, 0) is 37.3 Å². The Hall–Kier alpha value is -1.35. The number of hydrogen-bond acceptors (Lipinski definition) is 2. The molecule has 1 N–H and O–H groups in total. The van der Waals surface area contributed by atoms with Crippen LogP contribution in [-0.4, -0.2) is 25.2 Å². The molecule has 1 heterocycles. The van der Waals surface area contributed by atoms with Gasteiger partial charge in [-0.15, -0.1) is 0 Å². The molecule has 1 aliphatic heterocycles. The molecule has 1 aromatic carbocycles. The number of carbonyl (C=O) groups excluding carboxylic acids is 1. The van der Waals surface area contributed by atoms with Crippen LogP contribution >= 0.6 is 0 Å². The fraction of sp³-hybridized carbons (Fsp3) is 0.533. The number of nitrogens with one attached hydrogen (secondary N) is 1. The third-order valence-electron chi connectivity index (χ3n) is 3.43. The monoisotopic (exact) mass is 247 g/mol. The summed E-state index contributed by atoms with van der Waals surface area (Å²) >= 11 is 0. The van der Waals surface area contributed by atoms with E-state index in [0.717, 1.165) is 25.9 Å². The summed E-state index contributed by atoms with van der Waals surface area (Å²) < 4.78 is 5.47. The smallest absolute Gasteiger partial charge is 0.220 e. The van der Waals surface area contributed by atoms with Crippen molar-refractivity contribution < 1.29 is 9.53 Å². The first-order valence-corrected chi connectivity index (χ1v) is 6.68. The van der Waals surface area contributed by atoms with E-state index in [-0.39, 0.29) is 12.0 Å². The molecule has 1 aromatic rings. The number of ether oxygens (including phenoxy) is 1. The zero-order valence-electron chi connectivity index (χ0n) is 10.9. The molecule has 0 saturated carbocycles. The van der Waals surface area contributed by atoms with Gasteiger partial charge >= 0.3 is 0 Å². The van der Waals surface area contributed by atoms with E-state index in [4.69, 9.17) is 4.74 Å². The molecule has 3 heteroatoms. The van der Waals surface area contributed by atoms with Crippen LogP contribution in [0.15, 0.2) is 24.3 Å². The Bertz CT molecular complexity index is 397. The molecule has 0 radical (unpaired) electrons. The van der Waals surface area contributed by atoms with E-state index in [1.807, 2.05) is 12.1 Å². The second-order valence-corrected chi connectivity index (χ2v) is 4.87. The third-order valence-corrected chi connectivity index (χ3v) is 3.43. The number of benzene rings is 1. The number of hydrogen-bond donors (Lipinski definition) is 1. The summed E-state index contributed by atoms with van der Waals surface area (Å²) in [7, 11) is 0. The van der Waals surface area contributed by atoms with Gasteiger partial charge in [0.2, 0.25) is 5.91 Å². The van der Waals surface area contributed by atoms with Crippen LogP contribution in [0, 0.1) is 6.92 Å². The predicted molar refractivity (Wildman–Crippen MR) is 71.5 cm³/mol. The van der Waals surface area contributed by atoms with Crippen molar-refractivity contribution in [1.82, 2.24) is 5.32 Å². The molecule has 18 heavy (non-hydrogen) atoms. The minimum atomic E-state index is 0.119. The fourth-order valence-corrected chi connectivity index (χ4v) is 2.26. The molecular weight excluding hydrogens is 226 g/mol. The lowest BCUT2D eigenvalue weighted by molar-refractivity contribution is -0.121. The highest BCUT2D eigenvalue weighted by Gasteiger charge is 2.15. The summed E-state index contributed by atoms with van der Waals surface area (Å²) in [5.41, 5.74) is 2.51. The van der Waals surface area contributed by atoms with Crippen molar-refractivity contribution in [2.24, 2.45) is 0 Å². The average Bonchev–Trinajstić information content (AvgIpc) is 2.88. The Morgan fingerprint density at radius 3 is 3.00 bits per heavy atom. The molecule has 98 valence electrons. The van der Waals surface area contributed by atoms with Crippen LogP contribution in [0.2, 0.25) is 0 Å². The maximum absolute atomic E-state index is 11.7. The molecule has 0 spiro atoms. The van der Waals surface area contributed by atoms with E-state index in [9.17, 15) is 4.79 Å². The van der Waals surface area contributed by atoms with Gasteiger partial charge in [-0.2, -0.15) is 0 Å². The minimum Gasteiger partial charge on any atom is -0.376 e. The molecule has 0 aliphatic carbocycles. The highest BCUT2D eigenvalue weighted by atomic mass is 16.5. The summed E-state index contributed by atoms with van der Waals surface area (Å²) in [6, 6.07) is 8.21. The van der Waals surface area contributed by atoms with Crippen molar-refractivity contribution in [3.8, 4) is 0 Å². The highest BCUT2D eigenvalue weighted by Crippen LogP contribution is 2.11. The van der Waals surface area contributed by atoms with Gasteiger partial charge in [-0.3, -0.25) is 4.79 Å². The second-order valence-electron chi connectivity index (χ2n) is 4.87. The summed E-state index contributed by atoms with van der Waals surface area (Å²) in [6.45, 7) is 3.58. The first-order chi connectivity index (χ1) is 8.75. The molecule has 0 bridgehead atoms. The van der Waals surface area contributed by atoms with Crippen LogP contribution in [0.4, 0.5) is 0 Å². The first-order valence-electron chi connectivity index (χ1n) is 6.68. The summed E-state index contributed by atoms with van der Waals surface area (Å²) in [4.78, 5) is 11.7. The van der Waals surface area contributed by atoms with E-state index < -0.39 is 0 Å². The van der Waals surface area contributed by atoms with Gasteiger partial charge in [-0.25, -0.2) is 0 Å². The van der Waals surface area contributed by atoms with Gasteiger partial charge in [0.05, 0.1) is 6.10 Å². The molecule has 0 aromatic heterocycles. The van der Waals surface area contributed by atoms with Crippen LogP contribution in [0.1, 0.15) is 30.4 Å². The lowest BCUT2D eigenvalue weighted by Crippen LogP contribution is -2.31. The second kappa shape index (κ2) is 6.55. The van der Waals surface area contributed by atoms with Crippen LogP contribution in [-0.2, 0) is 16.0 Å². The van der Waals surface area contributed by atoms with E-state index in [1.165, 1.54) is 11.1 Å². The van der Waals surface area contributed by atoms with E-state index in [1.54, 1.807) is 0 Å². The first kappa shape index (κ1) is 13.1. The molecule has 1 saturated heterocycles.